The lowest BCUT2D eigenvalue weighted by Gasteiger charge is -2.34. The zero-order valence-electron chi connectivity index (χ0n) is 13.7. The molecule has 1 aromatic rings. The van der Waals surface area contributed by atoms with Gasteiger partial charge in [0.1, 0.15) is 5.75 Å². The van der Waals surface area contributed by atoms with E-state index in [2.05, 4.69) is 29.3 Å². The van der Waals surface area contributed by atoms with Crippen molar-refractivity contribution < 1.29 is 9.53 Å². The smallest absolute Gasteiger partial charge is 0.236 e. The Balaban J connectivity index is 1.62. The van der Waals surface area contributed by atoms with E-state index in [4.69, 9.17) is 4.74 Å². The molecule has 0 unspecified atom stereocenters. The molecule has 2 rings (SSSR count). The van der Waals surface area contributed by atoms with E-state index in [1.54, 1.807) is 7.11 Å². The van der Waals surface area contributed by atoms with Gasteiger partial charge in [-0.05, 0) is 37.2 Å². The Hall–Kier alpha value is -1.59. The number of hydrogen-bond donors (Lipinski definition) is 1. The molecule has 1 aromatic carbocycles. The molecule has 1 N–H and O–H groups in total. The second-order valence-corrected chi connectivity index (χ2v) is 5.59. The van der Waals surface area contributed by atoms with E-state index in [0.717, 1.165) is 51.4 Å². The summed E-state index contributed by atoms with van der Waals surface area (Å²) in [5.74, 6) is 1.09. The zero-order chi connectivity index (χ0) is 15.8. The fraction of sp³-hybridized carbons (Fsp3) is 0.588. The molecule has 0 atom stereocenters. The number of carbonyl (C=O) groups excluding carboxylic acids is 1. The van der Waals surface area contributed by atoms with E-state index < -0.39 is 0 Å². The zero-order valence-corrected chi connectivity index (χ0v) is 13.7. The van der Waals surface area contributed by atoms with Crippen LogP contribution in [-0.2, 0) is 11.2 Å². The third-order valence-electron chi connectivity index (χ3n) is 4.20. The van der Waals surface area contributed by atoms with Crippen molar-refractivity contribution in [3.05, 3.63) is 29.8 Å². The molecule has 0 aromatic heterocycles. The fourth-order valence-electron chi connectivity index (χ4n) is 2.65. The second-order valence-electron chi connectivity index (χ2n) is 5.59. The maximum absolute atomic E-state index is 12.1. The molecule has 0 aliphatic carbocycles. The Labute approximate surface area is 133 Å². The first-order chi connectivity index (χ1) is 10.7. The Morgan fingerprint density at radius 1 is 1.18 bits per heavy atom. The second kappa shape index (κ2) is 8.76. The van der Waals surface area contributed by atoms with Gasteiger partial charge in [0.05, 0.1) is 13.7 Å². The van der Waals surface area contributed by atoms with Gasteiger partial charge in [-0.25, -0.2) is 0 Å². The molecule has 22 heavy (non-hydrogen) atoms. The lowest BCUT2D eigenvalue weighted by molar-refractivity contribution is -0.131. The molecular formula is C17H27N3O2. The van der Waals surface area contributed by atoms with Gasteiger partial charge in [0.15, 0.2) is 0 Å². The average Bonchev–Trinajstić information content (AvgIpc) is 2.59. The van der Waals surface area contributed by atoms with Crippen LogP contribution in [0, 0.1) is 0 Å². The van der Waals surface area contributed by atoms with Crippen LogP contribution in [0.15, 0.2) is 24.3 Å². The first-order valence-electron chi connectivity index (χ1n) is 8.06. The molecule has 1 amide bonds. The largest absolute Gasteiger partial charge is 0.497 e. The predicted octanol–water partition coefficient (Wildman–Crippen LogP) is 0.991. The van der Waals surface area contributed by atoms with Gasteiger partial charge in [0.2, 0.25) is 5.91 Å². The molecule has 0 radical (unpaired) electrons. The van der Waals surface area contributed by atoms with Crippen LogP contribution in [0.25, 0.3) is 0 Å². The van der Waals surface area contributed by atoms with Crippen molar-refractivity contribution in [2.45, 2.75) is 13.3 Å². The summed E-state index contributed by atoms with van der Waals surface area (Å²) in [6.45, 7) is 8.18. The third kappa shape index (κ3) is 5.00. The van der Waals surface area contributed by atoms with Crippen molar-refractivity contribution in [1.29, 1.82) is 0 Å². The first-order valence-corrected chi connectivity index (χ1v) is 8.06. The van der Waals surface area contributed by atoms with Crippen molar-refractivity contribution in [2.24, 2.45) is 0 Å². The maximum Gasteiger partial charge on any atom is 0.236 e. The van der Waals surface area contributed by atoms with Crippen molar-refractivity contribution in [2.75, 3.05) is 52.9 Å². The van der Waals surface area contributed by atoms with Crippen LogP contribution >= 0.6 is 0 Å². The van der Waals surface area contributed by atoms with Crippen LogP contribution in [0.2, 0.25) is 0 Å². The summed E-state index contributed by atoms with van der Waals surface area (Å²) >= 11 is 0. The molecule has 1 saturated heterocycles. The van der Waals surface area contributed by atoms with E-state index in [-0.39, 0.29) is 5.91 Å². The van der Waals surface area contributed by atoms with Gasteiger partial charge in [-0.15, -0.1) is 0 Å². The predicted molar refractivity (Wildman–Crippen MR) is 88.3 cm³/mol. The van der Waals surface area contributed by atoms with Crippen LogP contribution in [0.5, 0.6) is 5.75 Å². The number of piperazine rings is 1. The Kier molecular flexibility index (Phi) is 6.68. The number of nitrogens with one attached hydrogen (secondary N) is 1. The molecule has 1 aliphatic heterocycles. The minimum Gasteiger partial charge on any atom is -0.497 e. The number of methoxy groups -OCH3 is 1. The number of amides is 1. The van der Waals surface area contributed by atoms with Gasteiger partial charge in [0.25, 0.3) is 0 Å². The van der Waals surface area contributed by atoms with Crippen LogP contribution in [0.3, 0.4) is 0 Å². The van der Waals surface area contributed by atoms with Crippen LogP contribution < -0.4 is 10.1 Å². The SMILES string of the molecule is CCN1CCN(C(=O)CNCCc2ccc(OC)cc2)CC1. The Morgan fingerprint density at radius 2 is 1.86 bits per heavy atom. The molecule has 1 heterocycles. The highest BCUT2D eigenvalue weighted by Crippen LogP contribution is 2.11. The summed E-state index contributed by atoms with van der Waals surface area (Å²) < 4.78 is 5.14. The minimum atomic E-state index is 0.213. The highest BCUT2D eigenvalue weighted by molar-refractivity contribution is 5.78. The number of rotatable bonds is 7. The number of ether oxygens (including phenoxy) is 1. The highest BCUT2D eigenvalue weighted by atomic mass is 16.5. The summed E-state index contributed by atoms with van der Waals surface area (Å²) in [6.07, 6.45) is 0.918. The van der Waals surface area contributed by atoms with Crippen molar-refractivity contribution in [3.63, 3.8) is 0 Å². The number of benzene rings is 1. The first kappa shape index (κ1) is 16.8. The Bertz CT molecular complexity index is 453. The van der Waals surface area contributed by atoms with E-state index in [9.17, 15) is 4.79 Å². The average molecular weight is 305 g/mol. The normalized spacial score (nSPS) is 15.8. The number of carbonyl (C=O) groups is 1. The molecule has 122 valence electrons. The lowest BCUT2D eigenvalue weighted by Crippen LogP contribution is -2.50. The van der Waals surface area contributed by atoms with Gasteiger partial charge in [-0.2, -0.15) is 0 Å². The summed E-state index contributed by atoms with van der Waals surface area (Å²) in [6, 6.07) is 8.06. The maximum atomic E-state index is 12.1. The van der Waals surface area contributed by atoms with Crippen LogP contribution in [-0.4, -0.2) is 68.6 Å². The van der Waals surface area contributed by atoms with Gasteiger partial charge >= 0.3 is 0 Å². The van der Waals surface area contributed by atoms with E-state index in [0.29, 0.717) is 6.54 Å². The minimum absolute atomic E-state index is 0.213. The molecule has 5 heteroatoms. The summed E-state index contributed by atoms with van der Waals surface area (Å²) in [5, 5.41) is 3.25. The van der Waals surface area contributed by atoms with Gasteiger partial charge in [-0.1, -0.05) is 19.1 Å². The van der Waals surface area contributed by atoms with Crippen molar-refractivity contribution >= 4 is 5.91 Å². The van der Waals surface area contributed by atoms with Gasteiger partial charge in [-0.3, -0.25) is 4.79 Å². The third-order valence-corrected chi connectivity index (χ3v) is 4.20. The molecule has 1 fully saturated rings. The number of likely N-dealkylation sites (N-methyl/N-ethyl adjacent to an activating group) is 1. The van der Waals surface area contributed by atoms with E-state index in [1.165, 1.54) is 5.56 Å². The van der Waals surface area contributed by atoms with E-state index >= 15 is 0 Å². The van der Waals surface area contributed by atoms with Gasteiger partial charge < -0.3 is 19.9 Å². The van der Waals surface area contributed by atoms with Crippen LogP contribution in [0.4, 0.5) is 0 Å². The highest BCUT2D eigenvalue weighted by Gasteiger charge is 2.19. The summed E-state index contributed by atoms with van der Waals surface area (Å²) in [5.41, 5.74) is 1.25. The molecule has 0 spiro atoms. The fourth-order valence-corrected chi connectivity index (χ4v) is 2.65. The molecule has 0 saturated carbocycles. The summed E-state index contributed by atoms with van der Waals surface area (Å²) in [4.78, 5) is 16.5. The monoisotopic (exact) mass is 305 g/mol. The quantitative estimate of drug-likeness (QED) is 0.763. The summed E-state index contributed by atoms with van der Waals surface area (Å²) in [7, 11) is 1.67. The molecule has 0 bridgehead atoms. The van der Waals surface area contributed by atoms with Crippen molar-refractivity contribution in [1.82, 2.24) is 15.1 Å². The molecule has 1 aliphatic rings. The number of hydrogen-bond acceptors (Lipinski definition) is 4. The van der Waals surface area contributed by atoms with Crippen LogP contribution in [0.1, 0.15) is 12.5 Å². The van der Waals surface area contributed by atoms with E-state index in [1.807, 2.05) is 17.0 Å². The number of nitrogens with zero attached hydrogens (tertiary/aromatic N) is 2. The lowest BCUT2D eigenvalue weighted by atomic mass is 10.1. The Morgan fingerprint density at radius 3 is 2.45 bits per heavy atom. The standard InChI is InChI=1S/C17H27N3O2/c1-3-19-10-12-20(13-11-19)17(21)14-18-9-8-15-4-6-16(22-2)7-5-15/h4-7,18H,3,8-14H2,1-2H3. The molecular weight excluding hydrogens is 278 g/mol. The topological polar surface area (TPSA) is 44.8 Å². The van der Waals surface area contributed by atoms with Crippen molar-refractivity contribution in [3.8, 4) is 5.75 Å². The molecule has 5 nitrogen and oxygen atoms in total. The van der Waals surface area contributed by atoms with Gasteiger partial charge in [0, 0.05) is 26.2 Å².